The van der Waals surface area contributed by atoms with Gasteiger partial charge in [-0.25, -0.2) is 9.67 Å². The molecule has 3 rings (SSSR count). The molecule has 0 aliphatic rings. The van der Waals surface area contributed by atoms with Gasteiger partial charge in [0.15, 0.2) is 0 Å². The topological polar surface area (TPSA) is 47.7 Å². The van der Waals surface area contributed by atoms with Gasteiger partial charge in [-0.2, -0.15) is 5.10 Å². The molecule has 0 radical (unpaired) electrons. The Kier molecular flexibility index (Phi) is 4.12. The van der Waals surface area contributed by atoms with Crippen molar-refractivity contribution in [3.8, 4) is 5.69 Å². The van der Waals surface area contributed by atoms with Gasteiger partial charge in [-0.05, 0) is 12.1 Å². The van der Waals surface area contributed by atoms with Crippen molar-refractivity contribution in [3.05, 3.63) is 66.5 Å². The first-order chi connectivity index (χ1) is 10.3. The minimum Gasteiger partial charge on any atom is -0.338 e. The van der Waals surface area contributed by atoms with Crippen LogP contribution in [0.1, 0.15) is 11.4 Å². The van der Waals surface area contributed by atoms with Crippen molar-refractivity contribution in [2.75, 3.05) is 6.54 Å². The lowest BCUT2D eigenvalue weighted by molar-refractivity contribution is 0.655. The zero-order valence-corrected chi connectivity index (χ0v) is 12.1. The highest BCUT2D eigenvalue weighted by atomic mass is 15.3. The van der Waals surface area contributed by atoms with E-state index in [0.29, 0.717) is 0 Å². The summed E-state index contributed by atoms with van der Waals surface area (Å²) >= 11 is 0. The fourth-order valence-corrected chi connectivity index (χ4v) is 2.24. The second kappa shape index (κ2) is 6.37. The molecule has 0 saturated heterocycles. The molecule has 1 aromatic carbocycles. The SMILES string of the molecule is Cn1ccnc1CCNCc1cnn(-c2ccccc2)c1. The average Bonchev–Trinajstić information content (AvgIpc) is 3.14. The number of nitrogens with one attached hydrogen (secondary N) is 1. The molecule has 0 fully saturated rings. The predicted molar refractivity (Wildman–Crippen MR) is 82.2 cm³/mol. The highest BCUT2D eigenvalue weighted by molar-refractivity contribution is 5.30. The smallest absolute Gasteiger partial charge is 0.109 e. The first-order valence-corrected chi connectivity index (χ1v) is 7.09. The van der Waals surface area contributed by atoms with Gasteiger partial charge in [0.2, 0.25) is 0 Å². The van der Waals surface area contributed by atoms with E-state index in [1.165, 1.54) is 5.56 Å². The summed E-state index contributed by atoms with van der Waals surface area (Å²) in [6, 6.07) is 10.1. The maximum atomic E-state index is 4.39. The lowest BCUT2D eigenvalue weighted by atomic mass is 10.3. The fraction of sp³-hybridized carbons (Fsp3) is 0.250. The number of imidazole rings is 1. The number of benzene rings is 1. The number of hydrogen-bond donors (Lipinski definition) is 1. The molecule has 5 nitrogen and oxygen atoms in total. The summed E-state index contributed by atoms with van der Waals surface area (Å²) < 4.78 is 3.95. The molecule has 0 unspecified atom stereocenters. The molecule has 0 aliphatic heterocycles. The second-order valence-electron chi connectivity index (χ2n) is 5.01. The second-order valence-corrected chi connectivity index (χ2v) is 5.01. The van der Waals surface area contributed by atoms with E-state index < -0.39 is 0 Å². The Morgan fingerprint density at radius 1 is 1.19 bits per heavy atom. The van der Waals surface area contributed by atoms with Gasteiger partial charge in [-0.15, -0.1) is 0 Å². The summed E-state index contributed by atoms with van der Waals surface area (Å²) in [6.07, 6.45) is 8.69. The van der Waals surface area contributed by atoms with Crippen LogP contribution in [0.25, 0.3) is 5.69 Å². The molecule has 1 N–H and O–H groups in total. The van der Waals surface area contributed by atoms with Gasteiger partial charge in [-0.3, -0.25) is 0 Å². The third kappa shape index (κ3) is 3.38. The van der Waals surface area contributed by atoms with E-state index in [-0.39, 0.29) is 0 Å². The minimum atomic E-state index is 0.817. The molecular weight excluding hydrogens is 262 g/mol. The molecule has 3 aromatic rings. The van der Waals surface area contributed by atoms with Crippen LogP contribution in [0.2, 0.25) is 0 Å². The average molecular weight is 281 g/mol. The number of hydrogen-bond acceptors (Lipinski definition) is 3. The Balaban J connectivity index is 1.50. The summed E-state index contributed by atoms with van der Waals surface area (Å²) in [4.78, 5) is 4.31. The molecule has 0 spiro atoms. The minimum absolute atomic E-state index is 0.817. The van der Waals surface area contributed by atoms with Crippen molar-refractivity contribution < 1.29 is 0 Å². The van der Waals surface area contributed by atoms with E-state index in [1.807, 2.05) is 60.7 Å². The molecular formula is C16H19N5. The molecule has 5 heteroatoms. The van der Waals surface area contributed by atoms with Gasteiger partial charge >= 0.3 is 0 Å². The zero-order valence-electron chi connectivity index (χ0n) is 12.1. The molecule has 0 atom stereocenters. The van der Waals surface area contributed by atoms with Gasteiger partial charge in [0.25, 0.3) is 0 Å². The van der Waals surface area contributed by atoms with Crippen molar-refractivity contribution in [2.24, 2.45) is 7.05 Å². The van der Waals surface area contributed by atoms with E-state index >= 15 is 0 Å². The van der Waals surface area contributed by atoms with Gasteiger partial charge in [-0.1, -0.05) is 18.2 Å². The number of para-hydroxylation sites is 1. The molecule has 2 aromatic heterocycles. The lowest BCUT2D eigenvalue weighted by Crippen LogP contribution is -2.17. The highest BCUT2D eigenvalue weighted by Gasteiger charge is 2.01. The van der Waals surface area contributed by atoms with Crippen molar-refractivity contribution in [3.63, 3.8) is 0 Å². The highest BCUT2D eigenvalue weighted by Crippen LogP contribution is 2.07. The first kappa shape index (κ1) is 13.6. The fourth-order valence-electron chi connectivity index (χ4n) is 2.24. The molecule has 108 valence electrons. The first-order valence-electron chi connectivity index (χ1n) is 7.09. The van der Waals surface area contributed by atoms with Crippen LogP contribution < -0.4 is 5.32 Å². The van der Waals surface area contributed by atoms with Gasteiger partial charge in [0.05, 0.1) is 11.9 Å². The van der Waals surface area contributed by atoms with Gasteiger partial charge in [0.1, 0.15) is 5.82 Å². The maximum absolute atomic E-state index is 4.39. The largest absolute Gasteiger partial charge is 0.338 e. The van der Waals surface area contributed by atoms with E-state index in [9.17, 15) is 0 Å². The normalized spacial score (nSPS) is 10.9. The Morgan fingerprint density at radius 2 is 2.05 bits per heavy atom. The summed E-state index contributed by atoms with van der Waals surface area (Å²) in [5, 5.41) is 7.81. The summed E-state index contributed by atoms with van der Waals surface area (Å²) in [5.74, 6) is 1.10. The van der Waals surface area contributed by atoms with Crippen LogP contribution in [0.5, 0.6) is 0 Å². The van der Waals surface area contributed by atoms with Crippen molar-refractivity contribution in [2.45, 2.75) is 13.0 Å². The Bertz CT molecular complexity index is 684. The van der Waals surface area contributed by atoms with E-state index in [2.05, 4.69) is 26.2 Å². The Labute approximate surface area is 124 Å². The molecule has 0 amide bonds. The van der Waals surface area contributed by atoms with Crippen LogP contribution in [0.4, 0.5) is 0 Å². The molecule has 2 heterocycles. The standard InChI is InChI=1S/C16H19N5/c1-20-10-9-18-16(20)7-8-17-11-14-12-19-21(13-14)15-5-3-2-4-6-15/h2-6,9-10,12-13,17H,7-8,11H2,1H3. The monoisotopic (exact) mass is 281 g/mol. The van der Waals surface area contributed by atoms with E-state index in [4.69, 9.17) is 0 Å². The zero-order chi connectivity index (χ0) is 14.5. The number of aromatic nitrogens is 4. The Morgan fingerprint density at radius 3 is 2.81 bits per heavy atom. The molecule has 0 bridgehead atoms. The quantitative estimate of drug-likeness (QED) is 0.702. The van der Waals surface area contributed by atoms with Crippen LogP contribution in [0.15, 0.2) is 55.1 Å². The third-order valence-electron chi connectivity index (χ3n) is 3.43. The van der Waals surface area contributed by atoms with Gasteiger partial charge < -0.3 is 9.88 Å². The summed E-state index contributed by atoms with van der Waals surface area (Å²) in [7, 11) is 2.02. The summed E-state index contributed by atoms with van der Waals surface area (Å²) in [6.45, 7) is 1.72. The lowest BCUT2D eigenvalue weighted by Gasteiger charge is -2.03. The number of rotatable bonds is 6. The van der Waals surface area contributed by atoms with Gasteiger partial charge in [0, 0.05) is 50.7 Å². The van der Waals surface area contributed by atoms with Crippen LogP contribution in [-0.2, 0) is 20.0 Å². The van der Waals surface area contributed by atoms with Crippen LogP contribution in [-0.4, -0.2) is 25.9 Å². The van der Waals surface area contributed by atoms with Crippen molar-refractivity contribution in [1.29, 1.82) is 0 Å². The third-order valence-corrected chi connectivity index (χ3v) is 3.43. The predicted octanol–water partition coefficient (Wildman–Crippen LogP) is 1.94. The maximum Gasteiger partial charge on any atom is 0.109 e. The molecule has 21 heavy (non-hydrogen) atoms. The molecule has 0 saturated carbocycles. The molecule has 0 aliphatic carbocycles. The van der Waals surface area contributed by atoms with E-state index in [0.717, 1.165) is 31.0 Å². The van der Waals surface area contributed by atoms with Crippen LogP contribution in [0, 0.1) is 0 Å². The van der Waals surface area contributed by atoms with Crippen LogP contribution >= 0.6 is 0 Å². The Hall–Kier alpha value is -2.40. The van der Waals surface area contributed by atoms with Crippen molar-refractivity contribution in [1.82, 2.24) is 24.6 Å². The number of nitrogens with zero attached hydrogens (tertiary/aromatic N) is 4. The number of aryl methyl sites for hydroxylation is 1. The van der Waals surface area contributed by atoms with Crippen LogP contribution in [0.3, 0.4) is 0 Å². The van der Waals surface area contributed by atoms with E-state index in [1.54, 1.807) is 0 Å². The summed E-state index contributed by atoms with van der Waals surface area (Å²) in [5.41, 5.74) is 2.26. The van der Waals surface area contributed by atoms with Crippen molar-refractivity contribution >= 4 is 0 Å².